The van der Waals surface area contributed by atoms with Gasteiger partial charge in [-0.1, -0.05) is 90.5 Å². The smallest absolute Gasteiger partial charge is 0.265 e. The summed E-state index contributed by atoms with van der Waals surface area (Å²) in [6, 6.07) is 29.0. The molecule has 2 aliphatic heterocycles. The van der Waals surface area contributed by atoms with Crippen LogP contribution < -0.4 is 10.6 Å². The fourth-order valence-electron chi connectivity index (χ4n) is 6.38. The first-order valence-electron chi connectivity index (χ1n) is 13.4. The lowest BCUT2D eigenvalue weighted by Gasteiger charge is -2.32. The fraction of sp³-hybridized carbons (Fsp3) is 0.182. The number of carbonyl (C=O) groups is 3. The second-order valence-corrected chi connectivity index (χ2v) is 10.7. The van der Waals surface area contributed by atoms with Crippen molar-refractivity contribution in [1.29, 1.82) is 0 Å². The molecule has 0 saturated carbocycles. The maximum Gasteiger partial charge on any atom is 0.265 e. The number of amides is 3. The number of rotatable bonds is 5. The first kappa shape index (κ1) is 24.5. The number of carbonyl (C=O) groups excluding carboxylic acids is 3. The summed E-state index contributed by atoms with van der Waals surface area (Å²) in [6.07, 6.45) is -0.309. The lowest BCUT2D eigenvalue weighted by molar-refractivity contribution is -0.196. The molecule has 4 aromatic carbocycles. The highest BCUT2D eigenvalue weighted by atomic mass is 16.7. The molecule has 3 aliphatic rings. The molecule has 7 heteroatoms. The van der Waals surface area contributed by atoms with E-state index in [1.54, 1.807) is 24.3 Å². The van der Waals surface area contributed by atoms with Gasteiger partial charge in [0, 0.05) is 0 Å². The highest BCUT2D eigenvalue weighted by Crippen LogP contribution is 2.50. The van der Waals surface area contributed by atoms with Crippen LogP contribution in [0.5, 0.6) is 0 Å². The summed E-state index contributed by atoms with van der Waals surface area (Å²) in [4.78, 5) is 48.2. The van der Waals surface area contributed by atoms with Crippen molar-refractivity contribution < 1.29 is 19.2 Å². The number of anilines is 1. The number of aryl methyl sites for hydroxylation is 1. The van der Waals surface area contributed by atoms with Gasteiger partial charge in [0.25, 0.3) is 5.91 Å². The van der Waals surface area contributed by atoms with Crippen molar-refractivity contribution in [2.45, 2.75) is 31.5 Å². The number of nitrogens with two attached hydrogens (primary N) is 1. The van der Waals surface area contributed by atoms with Crippen LogP contribution in [-0.4, -0.2) is 28.9 Å². The molecule has 7 rings (SSSR count). The second kappa shape index (κ2) is 9.26. The molecule has 0 bridgehead atoms. The predicted molar refractivity (Wildman–Crippen MR) is 150 cm³/mol. The number of hydrogen-bond donors (Lipinski definition) is 1. The molecule has 2 heterocycles. The highest BCUT2D eigenvalue weighted by molar-refractivity contribution is 6.23. The first-order chi connectivity index (χ1) is 19.4. The molecule has 0 spiro atoms. The van der Waals surface area contributed by atoms with Crippen molar-refractivity contribution in [3.05, 3.63) is 125 Å². The van der Waals surface area contributed by atoms with Crippen LogP contribution in [-0.2, 0) is 25.6 Å². The van der Waals surface area contributed by atoms with E-state index in [2.05, 4.69) is 24.3 Å². The molecule has 2 saturated heterocycles. The molecule has 4 unspecified atom stereocenters. The Labute approximate surface area is 231 Å². The number of fused-ring (bicyclic) bond motifs is 4. The number of hydrogen-bond acceptors (Lipinski definition) is 5. The Morgan fingerprint density at radius 3 is 2.30 bits per heavy atom. The minimum Gasteiger partial charge on any atom is -0.368 e. The summed E-state index contributed by atoms with van der Waals surface area (Å²) in [5.41, 5.74) is 13.6. The number of hydroxylamine groups is 2. The third-order valence-electron chi connectivity index (χ3n) is 8.24. The van der Waals surface area contributed by atoms with Crippen LogP contribution in [0.25, 0.3) is 11.1 Å². The Hall–Kier alpha value is -4.59. The molecular weight excluding hydrogens is 502 g/mol. The van der Waals surface area contributed by atoms with Crippen LogP contribution in [0.2, 0.25) is 0 Å². The van der Waals surface area contributed by atoms with E-state index in [-0.39, 0.29) is 5.91 Å². The molecule has 40 heavy (non-hydrogen) atoms. The normalized spacial score (nSPS) is 22.2. The lowest BCUT2D eigenvalue weighted by atomic mass is 9.88. The van der Waals surface area contributed by atoms with Gasteiger partial charge in [0.1, 0.15) is 6.04 Å². The average molecular weight is 530 g/mol. The topological polar surface area (TPSA) is 92.9 Å². The van der Waals surface area contributed by atoms with E-state index in [1.807, 2.05) is 55.5 Å². The van der Waals surface area contributed by atoms with Crippen LogP contribution in [0, 0.1) is 12.8 Å². The molecule has 2 N–H and O–H groups in total. The molecular formula is C33H27N3O4. The summed E-state index contributed by atoms with van der Waals surface area (Å²) in [5.74, 6) is -2.27. The first-order valence-corrected chi connectivity index (χ1v) is 13.4. The van der Waals surface area contributed by atoms with Gasteiger partial charge in [0.15, 0.2) is 6.10 Å². The predicted octanol–water partition coefficient (Wildman–Crippen LogP) is 4.64. The van der Waals surface area contributed by atoms with Gasteiger partial charge in [-0.25, -0.2) is 4.90 Å². The van der Waals surface area contributed by atoms with E-state index in [9.17, 15) is 14.4 Å². The Morgan fingerprint density at radius 2 is 1.55 bits per heavy atom. The van der Waals surface area contributed by atoms with Crippen molar-refractivity contribution in [2.75, 3.05) is 4.90 Å². The zero-order valence-electron chi connectivity index (χ0n) is 21.9. The molecule has 198 valence electrons. The van der Waals surface area contributed by atoms with Gasteiger partial charge in [-0.15, -0.1) is 0 Å². The average Bonchev–Trinajstić information content (AvgIpc) is 3.59. The molecule has 3 amide bonds. The number of nitrogens with zero attached hydrogens (tertiary/aromatic N) is 2. The van der Waals surface area contributed by atoms with Gasteiger partial charge in [0.2, 0.25) is 11.8 Å². The second-order valence-electron chi connectivity index (χ2n) is 10.7. The van der Waals surface area contributed by atoms with Gasteiger partial charge < -0.3 is 5.73 Å². The van der Waals surface area contributed by atoms with Crippen LogP contribution in [0.3, 0.4) is 0 Å². The number of imide groups is 1. The zero-order valence-corrected chi connectivity index (χ0v) is 21.9. The van der Waals surface area contributed by atoms with Crippen LogP contribution in [0.15, 0.2) is 97.1 Å². The van der Waals surface area contributed by atoms with Gasteiger partial charge in [-0.3, -0.25) is 19.2 Å². The summed E-state index contributed by atoms with van der Waals surface area (Å²) < 4.78 is 0. The fourth-order valence-corrected chi connectivity index (χ4v) is 6.38. The van der Waals surface area contributed by atoms with Gasteiger partial charge in [-0.2, -0.15) is 5.06 Å². The minimum absolute atomic E-state index is 0.355. The van der Waals surface area contributed by atoms with E-state index in [4.69, 9.17) is 10.6 Å². The molecule has 0 aromatic heterocycles. The molecule has 2 fully saturated rings. The Kier molecular flexibility index (Phi) is 5.66. The van der Waals surface area contributed by atoms with Crippen LogP contribution in [0.1, 0.15) is 39.9 Å². The van der Waals surface area contributed by atoms with Crippen LogP contribution in [0.4, 0.5) is 5.69 Å². The SMILES string of the molecule is Cc1ccc(N2C(=O)C3ON(C(C(N)=O)c4ccccc4)C(c4ccc5c(c4)Cc4ccccc4-5)C3C2=O)cc1. The summed E-state index contributed by atoms with van der Waals surface area (Å²) in [6.45, 7) is 1.95. The lowest BCUT2D eigenvalue weighted by Crippen LogP contribution is -2.42. The van der Waals surface area contributed by atoms with E-state index >= 15 is 0 Å². The third-order valence-corrected chi connectivity index (χ3v) is 8.24. The van der Waals surface area contributed by atoms with Gasteiger partial charge in [-0.05, 0) is 58.9 Å². The summed E-state index contributed by atoms with van der Waals surface area (Å²) >= 11 is 0. The molecule has 1 aliphatic carbocycles. The molecule has 7 nitrogen and oxygen atoms in total. The third kappa shape index (κ3) is 3.70. The number of benzene rings is 4. The Bertz CT molecular complexity index is 1670. The largest absolute Gasteiger partial charge is 0.368 e. The van der Waals surface area contributed by atoms with E-state index in [0.29, 0.717) is 11.3 Å². The van der Waals surface area contributed by atoms with Crippen molar-refractivity contribution in [1.82, 2.24) is 5.06 Å². The highest BCUT2D eigenvalue weighted by Gasteiger charge is 2.61. The minimum atomic E-state index is -1.07. The van der Waals surface area contributed by atoms with Crippen molar-refractivity contribution >= 4 is 23.4 Å². The van der Waals surface area contributed by atoms with E-state index in [0.717, 1.165) is 28.7 Å². The van der Waals surface area contributed by atoms with Crippen LogP contribution >= 0.6 is 0 Å². The Balaban J connectivity index is 1.34. The van der Waals surface area contributed by atoms with Crippen molar-refractivity contribution in [3.63, 3.8) is 0 Å². The number of primary amides is 1. The zero-order chi connectivity index (χ0) is 27.5. The van der Waals surface area contributed by atoms with E-state index in [1.165, 1.54) is 21.1 Å². The van der Waals surface area contributed by atoms with Crippen molar-refractivity contribution in [3.8, 4) is 11.1 Å². The van der Waals surface area contributed by atoms with E-state index < -0.39 is 35.9 Å². The van der Waals surface area contributed by atoms with Gasteiger partial charge in [0.05, 0.1) is 17.6 Å². The maximum absolute atomic E-state index is 14.0. The quantitative estimate of drug-likeness (QED) is 0.335. The molecule has 4 aromatic rings. The Morgan fingerprint density at radius 1 is 0.850 bits per heavy atom. The summed E-state index contributed by atoms with van der Waals surface area (Å²) in [5, 5.41) is 1.49. The monoisotopic (exact) mass is 529 g/mol. The standard InChI is InChI=1S/C33H27N3O4/c1-19-11-14-24(15-12-19)35-32(38)27-28(22-13-16-26-23(18-22)17-21-9-5-6-10-25(21)26)36(40-30(27)33(35)39)29(31(34)37)20-7-3-2-4-8-20/h2-16,18,27-30H,17H2,1H3,(H2,34,37). The maximum atomic E-state index is 14.0. The van der Waals surface area contributed by atoms with Gasteiger partial charge >= 0.3 is 0 Å². The molecule has 4 atom stereocenters. The summed E-state index contributed by atoms with van der Waals surface area (Å²) in [7, 11) is 0. The van der Waals surface area contributed by atoms with Crippen molar-refractivity contribution in [2.24, 2.45) is 11.7 Å². The molecule has 0 radical (unpaired) electrons.